The van der Waals surface area contributed by atoms with E-state index in [-0.39, 0.29) is 5.69 Å². The minimum atomic E-state index is 0.186. The SMILES string of the molecule is COc1c(-c2cc(C)ncc2C=O)ccnc1C#N. The lowest BCUT2D eigenvalue weighted by molar-refractivity contribution is 0.112. The van der Waals surface area contributed by atoms with Gasteiger partial charge in [0.15, 0.2) is 17.7 Å². The molecular formula is C14H11N3O2. The molecule has 19 heavy (non-hydrogen) atoms. The number of pyridine rings is 2. The number of hydrogen-bond donors (Lipinski definition) is 0. The van der Waals surface area contributed by atoms with Crippen molar-refractivity contribution in [2.24, 2.45) is 0 Å². The first-order valence-electron chi connectivity index (χ1n) is 5.56. The van der Waals surface area contributed by atoms with Crippen molar-refractivity contribution < 1.29 is 9.53 Å². The zero-order chi connectivity index (χ0) is 13.8. The molecule has 94 valence electrons. The van der Waals surface area contributed by atoms with Gasteiger partial charge in [0.25, 0.3) is 0 Å². The Bertz CT molecular complexity index is 675. The van der Waals surface area contributed by atoms with Gasteiger partial charge in [-0.1, -0.05) is 0 Å². The van der Waals surface area contributed by atoms with Crippen molar-refractivity contribution in [2.75, 3.05) is 7.11 Å². The average molecular weight is 253 g/mol. The molecule has 0 aliphatic rings. The van der Waals surface area contributed by atoms with Crippen LogP contribution in [0, 0.1) is 18.3 Å². The van der Waals surface area contributed by atoms with Crippen LogP contribution in [-0.2, 0) is 0 Å². The van der Waals surface area contributed by atoms with Crippen molar-refractivity contribution in [1.29, 1.82) is 5.26 Å². The second-order valence-corrected chi connectivity index (χ2v) is 3.88. The average Bonchev–Trinajstić information content (AvgIpc) is 2.46. The van der Waals surface area contributed by atoms with Gasteiger partial charge >= 0.3 is 0 Å². The normalized spacial score (nSPS) is 9.74. The standard InChI is InChI=1S/C14H11N3O2/c1-9-5-12(10(8-18)7-17-9)11-3-4-16-13(6-15)14(11)19-2/h3-5,7-8H,1-2H3. The molecule has 2 aromatic rings. The highest BCUT2D eigenvalue weighted by Crippen LogP contribution is 2.33. The van der Waals surface area contributed by atoms with Crippen molar-refractivity contribution in [3.63, 3.8) is 0 Å². The molecule has 5 nitrogen and oxygen atoms in total. The Morgan fingerprint density at radius 1 is 1.37 bits per heavy atom. The maximum atomic E-state index is 11.1. The molecule has 0 saturated carbocycles. The van der Waals surface area contributed by atoms with E-state index in [0.717, 1.165) is 12.0 Å². The van der Waals surface area contributed by atoms with Crippen LogP contribution in [0.3, 0.4) is 0 Å². The summed E-state index contributed by atoms with van der Waals surface area (Å²) in [6, 6.07) is 5.46. The molecule has 0 aromatic carbocycles. The van der Waals surface area contributed by atoms with Crippen molar-refractivity contribution in [2.45, 2.75) is 6.92 Å². The quantitative estimate of drug-likeness (QED) is 0.783. The van der Waals surface area contributed by atoms with Gasteiger partial charge in [0, 0.05) is 29.2 Å². The molecule has 0 spiro atoms. The third-order valence-electron chi connectivity index (χ3n) is 2.70. The largest absolute Gasteiger partial charge is 0.493 e. The van der Waals surface area contributed by atoms with Gasteiger partial charge in [-0.15, -0.1) is 0 Å². The van der Waals surface area contributed by atoms with E-state index < -0.39 is 0 Å². The highest BCUT2D eigenvalue weighted by atomic mass is 16.5. The van der Waals surface area contributed by atoms with Crippen LogP contribution in [0.25, 0.3) is 11.1 Å². The third kappa shape index (κ3) is 2.29. The Balaban J connectivity index is 2.75. The van der Waals surface area contributed by atoms with Gasteiger partial charge < -0.3 is 4.74 Å². The van der Waals surface area contributed by atoms with Crippen LogP contribution in [0.15, 0.2) is 24.5 Å². The molecule has 0 atom stereocenters. The van der Waals surface area contributed by atoms with Gasteiger partial charge in [-0.05, 0) is 24.6 Å². The maximum Gasteiger partial charge on any atom is 0.183 e. The van der Waals surface area contributed by atoms with Crippen LogP contribution >= 0.6 is 0 Å². The van der Waals surface area contributed by atoms with E-state index >= 15 is 0 Å². The second-order valence-electron chi connectivity index (χ2n) is 3.88. The van der Waals surface area contributed by atoms with Crippen molar-refractivity contribution in [1.82, 2.24) is 9.97 Å². The number of ether oxygens (including phenoxy) is 1. The Labute approximate surface area is 110 Å². The molecule has 0 fully saturated rings. The number of aldehydes is 1. The molecular weight excluding hydrogens is 242 g/mol. The molecule has 0 unspecified atom stereocenters. The molecule has 0 aliphatic heterocycles. The molecule has 0 radical (unpaired) electrons. The van der Waals surface area contributed by atoms with Crippen molar-refractivity contribution >= 4 is 6.29 Å². The molecule has 0 saturated heterocycles. The van der Waals surface area contributed by atoms with Gasteiger partial charge in [0.1, 0.15) is 6.07 Å². The number of methoxy groups -OCH3 is 1. The summed E-state index contributed by atoms with van der Waals surface area (Å²) < 4.78 is 5.24. The van der Waals surface area contributed by atoms with Crippen LogP contribution in [0.4, 0.5) is 0 Å². The van der Waals surface area contributed by atoms with Gasteiger partial charge in [-0.25, -0.2) is 4.98 Å². The van der Waals surface area contributed by atoms with Gasteiger partial charge in [0.2, 0.25) is 0 Å². The fraction of sp³-hybridized carbons (Fsp3) is 0.143. The molecule has 0 amide bonds. The first-order chi connectivity index (χ1) is 9.21. The summed E-state index contributed by atoms with van der Waals surface area (Å²) in [7, 11) is 1.47. The zero-order valence-electron chi connectivity index (χ0n) is 10.5. The summed E-state index contributed by atoms with van der Waals surface area (Å²) in [5.74, 6) is 0.360. The minimum Gasteiger partial charge on any atom is -0.493 e. The van der Waals surface area contributed by atoms with Crippen molar-refractivity contribution in [3.05, 3.63) is 41.5 Å². The molecule has 0 bridgehead atoms. The van der Waals surface area contributed by atoms with Gasteiger partial charge in [-0.2, -0.15) is 5.26 Å². The Morgan fingerprint density at radius 2 is 2.16 bits per heavy atom. The van der Waals surface area contributed by atoms with E-state index in [4.69, 9.17) is 10.00 Å². The summed E-state index contributed by atoms with van der Waals surface area (Å²) in [4.78, 5) is 19.1. The summed E-state index contributed by atoms with van der Waals surface area (Å²) in [5.41, 5.74) is 2.74. The van der Waals surface area contributed by atoms with Crippen LogP contribution in [0.5, 0.6) is 5.75 Å². The summed E-state index contributed by atoms with van der Waals surface area (Å²) in [6.45, 7) is 1.83. The maximum absolute atomic E-state index is 11.1. The lowest BCUT2D eigenvalue weighted by Crippen LogP contribution is -1.98. The van der Waals surface area contributed by atoms with E-state index in [9.17, 15) is 4.79 Å². The third-order valence-corrected chi connectivity index (χ3v) is 2.70. The number of aromatic nitrogens is 2. The lowest BCUT2D eigenvalue weighted by Gasteiger charge is -2.11. The Morgan fingerprint density at radius 3 is 2.79 bits per heavy atom. The summed E-state index contributed by atoms with van der Waals surface area (Å²) in [6.07, 6.45) is 3.75. The summed E-state index contributed by atoms with van der Waals surface area (Å²) >= 11 is 0. The topological polar surface area (TPSA) is 75.9 Å². The monoisotopic (exact) mass is 253 g/mol. The first kappa shape index (κ1) is 12.7. The van der Waals surface area contributed by atoms with Crippen LogP contribution < -0.4 is 4.74 Å². The predicted molar refractivity (Wildman–Crippen MR) is 68.9 cm³/mol. The van der Waals surface area contributed by atoms with Crippen molar-refractivity contribution in [3.8, 4) is 22.9 Å². The zero-order valence-corrected chi connectivity index (χ0v) is 10.5. The predicted octanol–water partition coefficient (Wildman–Crippen LogP) is 2.14. The molecule has 2 aromatic heterocycles. The fourth-order valence-electron chi connectivity index (χ4n) is 1.84. The molecule has 0 aliphatic carbocycles. The first-order valence-corrected chi connectivity index (χ1v) is 5.56. The van der Waals surface area contributed by atoms with E-state index in [0.29, 0.717) is 22.4 Å². The number of carbonyl (C=O) groups is 1. The van der Waals surface area contributed by atoms with Gasteiger partial charge in [-0.3, -0.25) is 9.78 Å². The number of nitriles is 1. The van der Waals surface area contributed by atoms with E-state index in [2.05, 4.69) is 9.97 Å². The number of nitrogens with zero attached hydrogens (tertiary/aromatic N) is 3. The highest BCUT2D eigenvalue weighted by molar-refractivity contribution is 5.89. The van der Waals surface area contributed by atoms with Crippen LogP contribution in [-0.4, -0.2) is 23.4 Å². The van der Waals surface area contributed by atoms with Crippen LogP contribution in [0.1, 0.15) is 21.7 Å². The number of aryl methyl sites for hydroxylation is 1. The molecule has 5 heteroatoms. The smallest absolute Gasteiger partial charge is 0.183 e. The minimum absolute atomic E-state index is 0.186. The van der Waals surface area contributed by atoms with E-state index in [1.807, 2.05) is 13.0 Å². The summed E-state index contributed by atoms with van der Waals surface area (Å²) in [5, 5.41) is 9.03. The number of rotatable bonds is 3. The molecule has 2 heterocycles. The Kier molecular flexibility index (Phi) is 3.53. The van der Waals surface area contributed by atoms with Crippen LogP contribution in [0.2, 0.25) is 0 Å². The lowest BCUT2D eigenvalue weighted by atomic mass is 10.0. The molecule has 2 rings (SSSR count). The van der Waals surface area contributed by atoms with E-state index in [1.54, 1.807) is 12.1 Å². The fourth-order valence-corrected chi connectivity index (χ4v) is 1.84. The molecule has 0 N–H and O–H groups in total. The Hall–Kier alpha value is -2.74. The number of carbonyl (C=O) groups excluding carboxylic acids is 1. The van der Waals surface area contributed by atoms with E-state index in [1.165, 1.54) is 19.5 Å². The number of hydrogen-bond acceptors (Lipinski definition) is 5. The highest BCUT2D eigenvalue weighted by Gasteiger charge is 2.15. The second kappa shape index (κ2) is 5.27. The van der Waals surface area contributed by atoms with Gasteiger partial charge in [0.05, 0.1) is 7.11 Å².